The number of rotatable bonds is 3. The minimum absolute atomic E-state index is 0.0630. The monoisotopic (exact) mass is 459 g/mol. The number of nitrogens with zero attached hydrogens (tertiary/aromatic N) is 1. The Bertz CT molecular complexity index is 1290. The lowest BCUT2D eigenvalue weighted by Crippen LogP contribution is -2.34. The molecule has 0 aliphatic carbocycles. The molecule has 1 aromatic heterocycles. The number of thiocarbonyl (C=S) groups is 1. The molecule has 0 bridgehead atoms. The summed E-state index contributed by atoms with van der Waals surface area (Å²) in [7, 11) is 0. The van der Waals surface area contributed by atoms with Crippen molar-refractivity contribution in [3.05, 3.63) is 82.1 Å². The molecule has 0 saturated heterocycles. The predicted molar refractivity (Wildman–Crippen MR) is 120 cm³/mol. The molecule has 0 aliphatic heterocycles. The Morgan fingerprint density at radius 1 is 1.07 bits per heavy atom. The lowest BCUT2D eigenvalue weighted by Gasteiger charge is -2.09. The van der Waals surface area contributed by atoms with Crippen LogP contribution in [0.15, 0.2) is 65.1 Å². The Labute approximate surface area is 185 Å². The van der Waals surface area contributed by atoms with Crippen molar-refractivity contribution in [1.29, 1.82) is 0 Å². The predicted octanol–water partition coefficient (Wildman–Crippen LogP) is 6.07. The third-order valence-electron chi connectivity index (χ3n) is 4.12. The number of oxazole rings is 1. The number of carbonyl (C=O) groups excluding carboxylic acids is 1. The van der Waals surface area contributed by atoms with E-state index in [4.69, 9.17) is 39.8 Å². The fraction of sp³-hybridized carbons (Fsp3) is 0. The van der Waals surface area contributed by atoms with E-state index in [9.17, 15) is 9.18 Å². The van der Waals surface area contributed by atoms with Gasteiger partial charge in [-0.3, -0.25) is 10.1 Å². The van der Waals surface area contributed by atoms with Gasteiger partial charge in [0.1, 0.15) is 11.3 Å². The average molecular weight is 460 g/mol. The second-order valence-corrected chi connectivity index (χ2v) is 7.50. The van der Waals surface area contributed by atoms with Gasteiger partial charge in [0.05, 0.1) is 10.6 Å². The smallest absolute Gasteiger partial charge is 0.257 e. The molecular formula is C21H12Cl2FN3O2S. The molecule has 1 heterocycles. The summed E-state index contributed by atoms with van der Waals surface area (Å²) in [5.74, 6) is -0.672. The number of carbonyl (C=O) groups is 1. The quantitative estimate of drug-likeness (QED) is 0.364. The summed E-state index contributed by atoms with van der Waals surface area (Å²) in [6, 6.07) is 15.5. The van der Waals surface area contributed by atoms with Crippen LogP contribution in [0.4, 0.5) is 10.1 Å². The molecule has 30 heavy (non-hydrogen) atoms. The minimum atomic E-state index is -0.519. The summed E-state index contributed by atoms with van der Waals surface area (Å²) in [4.78, 5) is 16.6. The fourth-order valence-electron chi connectivity index (χ4n) is 2.75. The molecular weight excluding hydrogens is 448 g/mol. The van der Waals surface area contributed by atoms with Gasteiger partial charge in [-0.25, -0.2) is 9.37 Å². The number of anilines is 1. The molecule has 0 fully saturated rings. The molecule has 5 nitrogen and oxygen atoms in total. The summed E-state index contributed by atoms with van der Waals surface area (Å²) in [5, 5.41) is 6.40. The van der Waals surface area contributed by atoms with Gasteiger partial charge in [0.25, 0.3) is 5.91 Å². The van der Waals surface area contributed by atoms with E-state index in [0.29, 0.717) is 38.3 Å². The first-order valence-electron chi connectivity index (χ1n) is 8.63. The first-order chi connectivity index (χ1) is 14.4. The molecule has 0 radical (unpaired) electrons. The van der Waals surface area contributed by atoms with Crippen LogP contribution in [0.2, 0.25) is 10.0 Å². The lowest BCUT2D eigenvalue weighted by atomic mass is 10.2. The molecule has 0 aliphatic rings. The number of halogens is 3. The number of aromatic nitrogens is 1. The maximum Gasteiger partial charge on any atom is 0.257 e. The van der Waals surface area contributed by atoms with Crippen LogP contribution in [0, 0.1) is 5.82 Å². The molecule has 0 saturated carbocycles. The van der Waals surface area contributed by atoms with Crippen molar-refractivity contribution in [2.75, 3.05) is 5.32 Å². The third kappa shape index (κ3) is 4.43. The van der Waals surface area contributed by atoms with Crippen molar-refractivity contribution in [1.82, 2.24) is 10.3 Å². The molecule has 9 heteroatoms. The second kappa shape index (κ2) is 8.39. The maximum atomic E-state index is 13.3. The molecule has 4 aromatic rings. The van der Waals surface area contributed by atoms with Crippen molar-refractivity contribution in [3.8, 4) is 11.5 Å². The lowest BCUT2D eigenvalue weighted by molar-refractivity contribution is 0.0977. The topological polar surface area (TPSA) is 67.2 Å². The molecule has 150 valence electrons. The van der Waals surface area contributed by atoms with E-state index in [2.05, 4.69) is 15.6 Å². The summed E-state index contributed by atoms with van der Waals surface area (Å²) >= 11 is 17.3. The van der Waals surface area contributed by atoms with E-state index >= 15 is 0 Å². The van der Waals surface area contributed by atoms with Crippen LogP contribution in [0.3, 0.4) is 0 Å². The second-order valence-electron chi connectivity index (χ2n) is 6.24. The van der Waals surface area contributed by atoms with Gasteiger partial charge in [0.15, 0.2) is 10.7 Å². The SMILES string of the molecule is O=C(NC(=S)Nc1ccc2oc(-c3ccc(Cl)cc3Cl)nc2c1)c1cccc(F)c1. The summed E-state index contributed by atoms with van der Waals surface area (Å²) in [6.07, 6.45) is 0. The minimum Gasteiger partial charge on any atom is -0.436 e. The number of benzene rings is 3. The average Bonchev–Trinajstić information content (AvgIpc) is 3.10. The highest BCUT2D eigenvalue weighted by atomic mass is 35.5. The van der Waals surface area contributed by atoms with Crippen LogP contribution >= 0.6 is 35.4 Å². The fourth-order valence-corrected chi connectivity index (χ4v) is 3.45. The maximum absolute atomic E-state index is 13.3. The Hall–Kier alpha value is -3.00. The van der Waals surface area contributed by atoms with Gasteiger partial charge in [-0.15, -0.1) is 0 Å². The zero-order valence-electron chi connectivity index (χ0n) is 15.1. The summed E-state index contributed by atoms with van der Waals surface area (Å²) < 4.78 is 19.0. The molecule has 3 aromatic carbocycles. The van der Waals surface area contributed by atoms with Gasteiger partial charge in [-0.05, 0) is 66.8 Å². The largest absolute Gasteiger partial charge is 0.436 e. The Morgan fingerprint density at radius 2 is 1.90 bits per heavy atom. The van der Waals surface area contributed by atoms with Crippen LogP contribution in [-0.4, -0.2) is 16.0 Å². The van der Waals surface area contributed by atoms with Crippen molar-refractivity contribution in [3.63, 3.8) is 0 Å². The van der Waals surface area contributed by atoms with Crippen LogP contribution in [0.5, 0.6) is 0 Å². The Balaban J connectivity index is 1.51. The first kappa shape index (κ1) is 20.3. The van der Waals surface area contributed by atoms with Gasteiger partial charge in [0, 0.05) is 16.3 Å². The van der Waals surface area contributed by atoms with Gasteiger partial charge in [-0.1, -0.05) is 29.3 Å². The van der Waals surface area contributed by atoms with E-state index in [1.54, 1.807) is 36.4 Å². The van der Waals surface area contributed by atoms with Gasteiger partial charge in [-0.2, -0.15) is 0 Å². The van der Waals surface area contributed by atoms with E-state index < -0.39 is 11.7 Å². The van der Waals surface area contributed by atoms with E-state index in [1.165, 1.54) is 18.2 Å². The normalized spacial score (nSPS) is 10.8. The summed E-state index contributed by atoms with van der Waals surface area (Å²) in [6.45, 7) is 0. The van der Waals surface area contributed by atoms with Crippen LogP contribution < -0.4 is 10.6 Å². The first-order valence-corrected chi connectivity index (χ1v) is 9.79. The highest BCUT2D eigenvalue weighted by Crippen LogP contribution is 2.32. The standard InChI is InChI=1S/C21H12Cl2FN3O2S/c22-12-4-6-15(16(23)9-12)20-26-17-10-14(5-7-18(17)29-20)25-21(30)27-19(28)11-2-1-3-13(24)8-11/h1-10H,(H2,25,27,28,30). The number of nitrogens with one attached hydrogen (secondary N) is 2. The van der Waals surface area contributed by atoms with Gasteiger partial charge >= 0.3 is 0 Å². The highest BCUT2D eigenvalue weighted by Gasteiger charge is 2.13. The zero-order chi connectivity index (χ0) is 21.3. The Morgan fingerprint density at radius 3 is 2.67 bits per heavy atom. The van der Waals surface area contributed by atoms with E-state index in [-0.39, 0.29) is 10.7 Å². The molecule has 0 spiro atoms. The van der Waals surface area contributed by atoms with Crippen LogP contribution in [0.25, 0.3) is 22.6 Å². The van der Waals surface area contributed by atoms with E-state index in [1.807, 2.05) is 0 Å². The molecule has 4 rings (SSSR count). The number of fused-ring (bicyclic) bond motifs is 1. The van der Waals surface area contributed by atoms with E-state index in [0.717, 1.165) is 6.07 Å². The third-order valence-corrected chi connectivity index (χ3v) is 4.87. The van der Waals surface area contributed by atoms with Crippen molar-refractivity contribution >= 4 is 63.2 Å². The van der Waals surface area contributed by atoms with Crippen molar-refractivity contribution in [2.45, 2.75) is 0 Å². The molecule has 2 N–H and O–H groups in total. The summed E-state index contributed by atoms with van der Waals surface area (Å²) in [5.41, 5.74) is 2.49. The van der Waals surface area contributed by atoms with Gasteiger partial charge in [0.2, 0.25) is 5.89 Å². The van der Waals surface area contributed by atoms with Crippen molar-refractivity contribution < 1.29 is 13.6 Å². The number of amides is 1. The van der Waals surface area contributed by atoms with Crippen LogP contribution in [0.1, 0.15) is 10.4 Å². The highest BCUT2D eigenvalue weighted by molar-refractivity contribution is 7.80. The molecule has 0 unspecified atom stereocenters. The van der Waals surface area contributed by atoms with Gasteiger partial charge < -0.3 is 9.73 Å². The molecule has 0 atom stereocenters. The van der Waals surface area contributed by atoms with Crippen LogP contribution in [-0.2, 0) is 0 Å². The Kier molecular flexibility index (Phi) is 5.67. The number of hydrogen-bond acceptors (Lipinski definition) is 4. The number of hydrogen-bond donors (Lipinski definition) is 2. The zero-order valence-corrected chi connectivity index (χ0v) is 17.4. The molecule has 1 amide bonds. The van der Waals surface area contributed by atoms with Crippen molar-refractivity contribution in [2.24, 2.45) is 0 Å².